The van der Waals surface area contributed by atoms with Gasteiger partial charge in [-0.15, -0.1) is 0 Å². The fraction of sp³-hybridized carbons (Fsp3) is 0.0833. The number of nitrogens with zero attached hydrogens (tertiary/aromatic N) is 3. The van der Waals surface area contributed by atoms with Crippen LogP contribution in [0.25, 0.3) is 5.70 Å². The van der Waals surface area contributed by atoms with Gasteiger partial charge >= 0.3 is 0 Å². The summed E-state index contributed by atoms with van der Waals surface area (Å²) in [4.78, 5) is 12.2. The molecule has 0 bridgehead atoms. The van der Waals surface area contributed by atoms with Crippen LogP contribution in [0.15, 0.2) is 51.1 Å². The lowest BCUT2D eigenvalue weighted by atomic mass is 10.1. The number of fused-ring (bicyclic) bond motifs is 1. The first kappa shape index (κ1) is 11.3. The van der Waals surface area contributed by atoms with Crippen LogP contribution >= 0.6 is 0 Å². The molecule has 0 saturated heterocycles. The molecule has 1 unspecified atom stereocenters. The third-order valence-electron chi connectivity index (χ3n) is 2.87. The number of hydrogen-bond acceptors (Lipinski definition) is 7. The number of nitrogens with two attached hydrogens (primary N) is 3. The smallest absolute Gasteiger partial charge is 0.223 e. The van der Waals surface area contributed by atoms with Crippen molar-refractivity contribution in [1.29, 1.82) is 0 Å². The highest BCUT2D eigenvalue weighted by atomic mass is 15.2. The summed E-state index contributed by atoms with van der Waals surface area (Å²) in [5.74, 6) is 1.20. The van der Waals surface area contributed by atoms with E-state index in [9.17, 15) is 0 Å². The maximum absolute atomic E-state index is 5.95. The fourth-order valence-electron chi connectivity index (χ4n) is 2.00. The average Bonchev–Trinajstić information content (AvgIpc) is 2.38. The van der Waals surface area contributed by atoms with Gasteiger partial charge in [-0.3, -0.25) is 0 Å². The van der Waals surface area contributed by atoms with Gasteiger partial charge in [0.05, 0.1) is 5.70 Å². The van der Waals surface area contributed by atoms with E-state index in [2.05, 4.69) is 20.3 Å². The molecule has 7 N–H and O–H groups in total. The monoisotopic (exact) mass is 255 g/mol. The second-order valence-corrected chi connectivity index (χ2v) is 4.18. The molecule has 19 heavy (non-hydrogen) atoms. The van der Waals surface area contributed by atoms with Gasteiger partial charge < -0.3 is 22.5 Å². The van der Waals surface area contributed by atoms with E-state index >= 15 is 0 Å². The molecule has 7 heteroatoms. The molecule has 0 amide bonds. The largest absolute Gasteiger partial charge is 0.385 e. The van der Waals surface area contributed by atoms with Crippen molar-refractivity contribution in [2.45, 2.75) is 6.04 Å². The van der Waals surface area contributed by atoms with E-state index in [1.165, 1.54) is 0 Å². The number of aliphatic imine (C=N–C) groups is 3. The molecule has 3 rings (SSSR count). The van der Waals surface area contributed by atoms with Gasteiger partial charge in [-0.25, -0.2) is 4.99 Å². The van der Waals surface area contributed by atoms with Crippen LogP contribution in [0.1, 0.15) is 5.56 Å². The zero-order valence-electron chi connectivity index (χ0n) is 10.0. The normalized spacial score (nSPS) is 21.9. The first-order valence-electron chi connectivity index (χ1n) is 5.73. The van der Waals surface area contributed by atoms with Crippen LogP contribution in [0.5, 0.6) is 0 Å². The van der Waals surface area contributed by atoms with Crippen LogP contribution in [0.3, 0.4) is 0 Å². The van der Waals surface area contributed by atoms with Crippen molar-refractivity contribution in [3.63, 3.8) is 0 Å². The van der Waals surface area contributed by atoms with Gasteiger partial charge in [0.1, 0.15) is 17.7 Å². The minimum atomic E-state index is -0.394. The third kappa shape index (κ3) is 1.90. The molecule has 2 aliphatic rings. The highest BCUT2D eigenvalue weighted by Crippen LogP contribution is 2.20. The summed E-state index contributed by atoms with van der Waals surface area (Å²) >= 11 is 0. The maximum Gasteiger partial charge on any atom is 0.223 e. The molecule has 0 aromatic heterocycles. The molecule has 1 aromatic rings. The highest BCUT2D eigenvalue weighted by Gasteiger charge is 2.29. The fourth-order valence-corrected chi connectivity index (χ4v) is 2.00. The number of guanidine groups is 1. The van der Waals surface area contributed by atoms with E-state index in [1.807, 2.05) is 30.3 Å². The number of amidine groups is 2. The molecule has 0 fully saturated rings. The Kier molecular flexibility index (Phi) is 2.45. The minimum Gasteiger partial charge on any atom is -0.385 e. The minimum absolute atomic E-state index is 0.0882. The third-order valence-corrected chi connectivity index (χ3v) is 2.87. The Hall–Kier alpha value is -2.83. The van der Waals surface area contributed by atoms with E-state index in [0.717, 1.165) is 5.56 Å². The van der Waals surface area contributed by atoms with Gasteiger partial charge in [-0.05, 0) is 0 Å². The Balaban J connectivity index is 2.06. The van der Waals surface area contributed by atoms with Crippen LogP contribution in [0, 0.1) is 0 Å². The lowest BCUT2D eigenvalue weighted by Gasteiger charge is -2.27. The summed E-state index contributed by atoms with van der Waals surface area (Å²) in [7, 11) is 0. The summed E-state index contributed by atoms with van der Waals surface area (Å²) in [6.45, 7) is 0. The van der Waals surface area contributed by atoms with Crippen molar-refractivity contribution in [2.75, 3.05) is 0 Å². The summed E-state index contributed by atoms with van der Waals surface area (Å²) in [6, 6.07) is 9.25. The van der Waals surface area contributed by atoms with Gasteiger partial charge in [0.2, 0.25) is 5.96 Å². The Morgan fingerprint density at radius 1 is 0.947 bits per heavy atom. The van der Waals surface area contributed by atoms with E-state index < -0.39 is 6.04 Å². The SMILES string of the molecule is NC1=NC2=NC(N)=C(c3ccccc3)NC2C(N)=N1. The molecule has 1 aromatic carbocycles. The molecular formula is C12H13N7. The van der Waals surface area contributed by atoms with Crippen LogP contribution < -0.4 is 22.5 Å². The molecule has 2 heterocycles. The molecule has 0 saturated carbocycles. The van der Waals surface area contributed by atoms with Gasteiger partial charge in [0, 0.05) is 5.56 Å². The predicted molar refractivity (Wildman–Crippen MR) is 75.2 cm³/mol. The van der Waals surface area contributed by atoms with E-state index in [4.69, 9.17) is 17.2 Å². The van der Waals surface area contributed by atoms with E-state index in [1.54, 1.807) is 0 Å². The van der Waals surface area contributed by atoms with Crippen LogP contribution in [-0.4, -0.2) is 23.7 Å². The van der Waals surface area contributed by atoms with Crippen molar-refractivity contribution in [1.82, 2.24) is 5.32 Å². The van der Waals surface area contributed by atoms with Gasteiger partial charge in [0.15, 0.2) is 5.84 Å². The summed E-state index contributed by atoms with van der Waals surface area (Å²) in [5, 5.41) is 3.20. The number of benzene rings is 1. The Labute approximate surface area is 109 Å². The number of rotatable bonds is 1. The topological polar surface area (TPSA) is 127 Å². The van der Waals surface area contributed by atoms with Crippen LogP contribution in [-0.2, 0) is 0 Å². The lowest BCUT2D eigenvalue weighted by molar-refractivity contribution is 0.867. The van der Waals surface area contributed by atoms with E-state index in [-0.39, 0.29) is 5.96 Å². The summed E-state index contributed by atoms with van der Waals surface area (Å²) < 4.78 is 0. The van der Waals surface area contributed by atoms with E-state index in [0.29, 0.717) is 23.2 Å². The van der Waals surface area contributed by atoms with Crippen molar-refractivity contribution < 1.29 is 0 Å². The van der Waals surface area contributed by atoms with Crippen LogP contribution in [0.2, 0.25) is 0 Å². The second-order valence-electron chi connectivity index (χ2n) is 4.18. The zero-order chi connectivity index (χ0) is 13.4. The molecule has 0 radical (unpaired) electrons. The molecule has 0 spiro atoms. The lowest BCUT2D eigenvalue weighted by Crippen LogP contribution is -2.51. The Bertz CT molecular complexity index is 639. The van der Waals surface area contributed by atoms with Gasteiger partial charge in [-0.2, -0.15) is 9.98 Å². The number of hydrogen-bond donors (Lipinski definition) is 4. The quantitative estimate of drug-likeness (QED) is 0.530. The summed E-state index contributed by atoms with van der Waals surface area (Å²) in [6.07, 6.45) is 0. The molecule has 7 nitrogen and oxygen atoms in total. The van der Waals surface area contributed by atoms with Crippen molar-refractivity contribution in [3.8, 4) is 0 Å². The van der Waals surface area contributed by atoms with Gasteiger partial charge in [0.25, 0.3) is 0 Å². The first-order chi connectivity index (χ1) is 9.15. The zero-order valence-corrected chi connectivity index (χ0v) is 10.0. The summed E-state index contributed by atoms with van der Waals surface area (Å²) in [5.41, 5.74) is 19.0. The number of nitrogens with one attached hydrogen (secondary N) is 1. The molecule has 96 valence electrons. The molecule has 2 aliphatic heterocycles. The highest BCUT2D eigenvalue weighted by molar-refractivity contribution is 6.20. The van der Waals surface area contributed by atoms with Crippen molar-refractivity contribution in [2.24, 2.45) is 32.2 Å². The molecular weight excluding hydrogens is 242 g/mol. The second kappa shape index (κ2) is 4.13. The molecule has 0 aliphatic carbocycles. The van der Waals surface area contributed by atoms with Crippen LogP contribution in [0.4, 0.5) is 0 Å². The Morgan fingerprint density at radius 3 is 2.42 bits per heavy atom. The Morgan fingerprint density at radius 2 is 1.68 bits per heavy atom. The van der Waals surface area contributed by atoms with Crippen molar-refractivity contribution in [3.05, 3.63) is 41.7 Å². The maximum atomic E-state index is 5.95. The predicted octanol–water partition coefficient (Wildman–Crippen LogP) is -0.673. The average molecular weight is 255 g/mol. The van der Waals surface area contributed by atoms with Gasteiger partial charge in [-0.1, -0.05) is 30.3 Å². The molecule has 1 atom stereocenters. The van der Waals surface area contributed by atoms with Crippen molar-refractivity contribution >= 4 is 23.3 Å². The first-order valence-corrected chi connectivity index (χ1v) is 5.73. The standard InChI is InChI=1S/C12H13N7/c13-9-7(6-4-2-1-3-5-6)16-8-10(14)18-12(15)19-11(8)17-9/h1-5,8,16H,13H2,(H4,14,15,17,18,19).